The van der Waals surface area contributed by atoms with E-state index in [1.165, 1.54) is 49.6 Å². The number of halogens is 1. The molecule has 0 bridgehead atoms. The van der Waals surface area contributed by atoms with Crippen molar-refractivity contribution in [1.29, 1.82) is 0 Å². The second kappa shape index (κ2) is 6.54. The van der Waals surface area contributed by atoms with Crippen LogP contribution in [0.25, 0.3) is 0 Å². The number of ether oxygens (including phenoxy) is 1. The highest BCUT2D eigenvalue weighted by atomic mass is 32.2. The summed E-state index contributed by atoms with van der Waals surface area (Å²) in [7, 11) is -2.51. The Labute approximate surface area is 126 Å². The van der Waals surface area contributed by atoms with Gasteiger partial charge in [0.1, 0.15) is 11.6 Å². The summed E-state index contributed by atoms with van der Waals surface area (Å²) >= 11 is 0. The summed E-state index contributed by atoms with van der Waals surface area (Å²) < 4.78 is 42.3. The largest absolute Gasteiger partial charge is 0.497 e. The first-order chi connectivity index (χ1) is 10.4. The minimum Gasteiger partial charge on any atom is -0.497 e. The van der Waals surface area contributed by atoms with Crippen LogP contribution in [0.15, 0.2) is 53.4 Å². The SMILES string of the molecule is COc1ccc(S(=O)(=O)NNC(=O)c2ccccc2F)cc1. The van der Waals surface area contributed by atoms with Gasteiger partial charge >= 0.3 is 0 Å². The molecule has 0 spiro atoms. The molecule has 1 amide bonds. The van der Waals surface area contributed by atoms with Crippen molar-refractivity contribution >= 4 is 15.9 Å². The molecule has 0 heterocycles. The zero-order valence-electron chi connectivity index (χ0n) is 11.5. The van der Waals surface area contributed by atoms with Crippen LogP contribution < -0.4 is 15.0 Å². The molecule has 0 aliphatic rings. The standard InChI is InChI=1S/C14H13FN2O4S/c1-21-10-6-8-11(9-7-10)22(19,20)17-16-14(18)12-4-2-3-5-13(12)15/h2-9,17H,1H3,(H,16,18). The van der Waals surface area contributed by atoms with Crippen molar-refractivity contribution < 1.29 is 22.3 Å². The van der Waals surface area contributed by atoms with Gasteiger partial charge in [-0.25, -0.2) is 12.8 Å². The number of nitrogens with one attached hydrogen (secondary N) is 2. The fourth-order valence-corrected chi connectivity index (χ4v) is 2.48. The van der Waals surface area contributed by atoms with Gasteiger partial charge in [-0.2, -0.15) is 0 Å². The third-order valence-electron chi connectivity index (χ3n) is 2.79. The third-order valence-corrected chi connectivity index (χ3v) is 4.05. The summed E-state index contributed by atoms with van der Waals surface area (Å²) in [4.78, 5) is 13.6. The van der Waals surface area contributed by atoms with Crippen LogP contribution in [0.1, 0.15) is 10.4 Å². The van der Waals surface area contributed by atoms with Crippen LogP contribution in [0.3, 0.4) is 0 Å². The number of hydrazine groups is 1. The van der Waals surface area contributed by atoms with Gasteiger partial charge in [0.25, 0.3) is 15.9 Å². The Balaban J connectivity index is 2.09. The van der Waals surface area contributed by atoms with E-state index in [1.54, 1.807) is 0 Å². The van der Waals surface area contributed by atoms with E-state index in [-0.39, 0.29) is 10.5 Å². The Bertz CT molecular complexity index is 776. The minimum absolute atomic E-state index is 0.0675. The maximum absolute atomic E-state index is 13.4. The van der Waals surface area contributed by atoms with Crippen molar-refractivity contribution in [3.05, 3.63) is 59.9 Å². The molecule has 2 rings (SSSR count). The molecule has 8 heteroatoms. The van der Waals surface area contributed by atoms with Crippen LogP contribution in [0.4, 0.5) is 4.39 Å². The zero-order valence-corrected chi connectivity index (χ0v) is 12.4. The number of rotatable bonds is 5. The zero-order chi connectivity index (χ0) is 16.2. The second-order valence-corrected chi connectivity index (χ2v) is 5.90. The molecule has 6 nitrogen and oxygen atoms in total. The van der Waals surface area contributed by atoms with E-state index in [9.17, 15) is 17.6 Å². The number of hydrogen-bond donors (Lipinski definition) is 2. The lowest BCUT2D eigenvalue weighted by atomic mass is 10.2. The first kappa shape index (κ1) is 15.9. The van der Waals surface area contributed by atoms with Gasteiger partial charge in [0.05, 0.1) is 17.6 Å². The number of carbonyl (C=O) groups excluding carboxylic acids is 1. The molecule has 0 unspecified atom stereocenters. The smallest absolute Gasteiger partial charge is 0.269 e. The summed E-state index contributed by atoms with van der Waals surface area (Å²) in [6.07, 6.45) is 0. The average Bonchev–Trinajstić information content (AvgIpc) is 2.53. The van der Waals surface area contributed by atoms with Crippen LogP contribution in [0.5, 0.6) is 5.75 Å². The summed E-state index contributed by atoms with van der Waals surface area (Å²) in [5.41, 5.74) is 1.70. The molecule has 0 saturated carbocycles. The van der Waals surface area contributed by atoms with Crippen LogP contribution in [0, 0.1) is 5.82 Å². The topological polar surface area (TPSA) is 84.5 Å². The summed E-state index contributed by atoms with van der Waals surface area (Å²) in [5.74, 6) is -1.15. The Kier molecular flexibility index (Phi) is 4.74. The van der Waals surface area contributed by atoms with Crippen molar-refractivity contribution in [2.45, 2.75) is 4.90 Å². The molecular formula is C14H13FN2O4S. The normalized spacial score (nSPS) is 11.0. The maximum Gasteiger partial charge on any atom is 0.269 e. The quantitative estimate of drug-likeness (QED) is 0.816. The summed E-state index contributed by atoms with van der Waals surface area (Å²) in [6, 6.07) is 10.8. The molecule has 0 aliphatic heterocycles. The number of hydrogen-bond acceptors (Lipinski definition) is 4. The molecule has 0 saturated heterocycles. The van der Waals surface area contributed by atoms with Crippen LogP contribution >= 0.6 is 0 Å². The van der Waals surface area contributed by atoms with Gasteiger partial charge in [0.15, 0.2) is 0 Å². The molecule has 0 aromatic heterocycles. The number of benzene rings is 2. The Morgan fingerprint density at radius 1 is 1.09 bits per heavy atom. The molecule has 0 fully saturated rings. The number of carbonyl (C=O) groups is 1. The maximum atomic E-state index is 13.4. The molecule has 22 heavy (non-hydrogen) atoms. The predicted molar refractivity (Wildman–Crippen MR) is 77.2 cm³/mol. The third kappa shape index (κ3) is 3.60. The lowest BCUT2D eigenvalue weighted by molar-refractivity contribution is 0.0941. The van der Waals surface area contributed by atoms with Gasteiger partial charge in [0.2, 0.25) is 0 Å². The van der Waals surface area contributed by atoms with E-state index in [4.69, 9.17) is 4.74 Å². The fraction of sp³-hybridized carbons (Fsp3) is 0.0714. The van der Waals surface area contributed by atoms with E-state index in [1.807, 2.05) is 10.3 Å². The second-order valence-electron chi connectivity index (χ2n) is 4.21. The minimum atomic E-state index is -3.96. The van der Waals surface area contributed by atoms with Gasteiger partial charge in [-0.3, -0.25) is 10.2 Å². The lowest BCUT2D eigenvalue weighted by Crippen LogP contribution is -2.41. The van der Waals surface area contributed by atoms with Gasteiger partial charge < -0.3 is 4.74 Å². The highest BCUT2D eigenvalue weighted by Gasteiger charge is 2.17. The van der Waals surface area contributed by atoms with E-state index in [2.05, 4.69) is 0 Å². The van der Waals surface area contributed by atoms with Gasteiger partial charge in [-0.05, 0) is 36.4 Å². The molecule has 2 aromatic carbocycles. The number of methoxy groups -OCH3 is 1. The summed E-state index contributed by atoms with van der Waals surface area (Å²) in [6.45, 7) is 0. The van der Waals surface area contributed by atoms with E-state index >= 15 is 0 Å². The molecule has 0 atom stereocenters. The van der Waals surface area contributed by atoms with E-state index < -0.39 is 21.7 Å². The van der Waals surface area contributed by atoms with Gasteiger partial charge in [0, 0.05) is 0 Å². The molecule has 116 valence electrons. The lowest BCUT2D eigenvalue weighted by Gasteiger charge is -2.09. The van der Waals surface area contributed by atoms with Crippen molar-refractivity contribution in [3.63, 3.8) is 0 Å². The number of amides is 1. The first-order valence-corrected chi connectivity index (χ1v) is 7.63. The molecule has 0 radical (unpaired) electrons. The Hall–Kier alpha value is -2.45. The van der Waals surface area contributed by atoms with Crippen LogP contribution in [0.2, 0.25) is 0 Å². The Morgan fingerprint density at radius 2 is 1.73 bits per heavy atom. The predicted octanol–water partition coefficient (Wildman–Crippen LogP) is 1.46. The molecule has 0 aliphatic carbocycles. The van der Waals surface area contributed by atoms with Gasteiger partial charge in [-0.15, -0.1) is 4.83 Å². The van der Waals surface area contributed by atoms with Crippen LogP contribution in [-0.2, 0) is 10.0 Å². The van der Waals surface area contributed by atoms with E-state index in [0.717, 1.165) is 6.07 Å². The molecule has 2 N–H and O–H groups in total. The highest BCUT2D eigenvalue weighted by molar-refractivity contribution is 7.89. The monoisotopic (exact) mass is 324 g/mol. The highest BCUT2D eigenvalue weighted by Crippen LogP contribution is 2.15. The molecular weight excluding hydrogens is 311 g/mol. The number of sulfonamides is 1. The van der Waals surface area contributed by atoms with E-state index in [0.29, 0.717) is 5.75 Å². The van der Waals surface area contributed by atoms with Crippen molar-refractivity contribution in [2.75, 3.05) is 7.11 Å². The molecule has 2 aromatic rings. The van der Waals surface area contributed by atoms with Crippen molar-refractivity contribution in [1.82, 2.24) is 10.3 Å². The van der Waals surface area contributed by atoms with Crippen LogP contribution in [-0.4, -0.2) is 21.4 Å². The fourth-order valence-electron chi connectivity index (χ4n) is 1.64. The average molecular weight is 324 g/mol. The van der Waals surface area contributed by atoms with Crippen molar-refractivity contribution in [2.24, 2.45) is 0 Å². The van der Waals surface area contributed by atoms with Crippen molar-refractivity contribution in [3.8, 4) is 5.75 Å². The van der Waals surface area contributed by atoms with Gasteiger partial charge in [-0.1, -0.05) is 12.1 Å². The first-order valence-electron chi connectivity index (χ1n) is 6.15. The summed E-state index contributed by atoms with van der Waals surface area (Å²) in [5, 5.41) is 0. The Morgan fingerprint density at radius 3 is 2.32 bits per heavy atom.